The van der Waals surface area contributed by atoms with Crippen molar-refractivity contribution in [3.05, 3.63) is 32.8 Å². The maximum Gasteiger partial charge on any atom is 0.293 e. The van der Waals surface area contributed by atoms with Gasteiger partial charge in [0.15, 0.2) is 0 Å². The molecule has 2 aliphatic rings. The lowest BCUT2D eigenvalue weighted by molar-refractivity contribution is -0.384. The van der Waals surface area contributed by atoms with E-state index >= 15 is 0 Å². The second-order valence-electron chi connectivity index (χ2n) is 7.35. The molecule has 0 bridgehead atoms. The Balaban J connectivity index is 1.87. The summed E-state index contributed by atoms with van der Waals surface area (Å²) >= 11 is 3.35. The third kappa shape index (κ3) is 2.87. The first-order chi connectivity index (χ1) is 10.4. The average Bonchev–Trinajstić information content (AvgIpc) is 2.33. The highest BCUT2D eigenvalue weighted by Gasteiger charge is 2.50. The summed E-state index contributed by atoms with van der Waals surface area (Å²) in [6.07, 6.45) is 6.46. The number of benzene rings is 1. The Hall–Kier alpha value is -1.10. The molecular weight excluding hydrogens is 344 g/mol. The summed E-state index contributed by atoms with van der Waals surface area (Å²) < 4.78 is 0.761. The lowest BCUT2D eigenvalue weighted by Gasteiger charge is -2.57. The molecule has 3 rings (SSSR count). The largest absolute Gasteiger partial charge is 0.363 e. The Kier molecular flexibility index (Phi) is 4.19. The van der Waals surface area contributed by atoms with E-state index in [1.54, 1.807) is 6.07 Å². The zero-order valence-corrected chi connectivity index (χ0v) is 14.8. The molecule has 0 aromatic heterocycles. The summed E-state index contributed by atoms with van der Waals surface area (Å²) in [5.41, 5.74) is 1.56. The van der Waals surface area contributed by atoms with Gasteiger partial charge >= 0.3 is 0 Å². The third-order valence-corrected chi connectivity index (χ3v) is 5.69. The Morgan fingerprint density at radius 1 is 1.41 bits per heavy atom. The molecule has 22 heavy (non-hydrogen) atoms. The number of halogens is 1. The van der Waals surface area contributed by atoms with Crippen LogP contribution in [0.1, 0.15) is 46.0 Å². The number of nitro groups is 1. The lowest BCUT2D eigenvalue weighted by atomic mass is 9.53. The predicted octanol–water partition coefficient (Wildman–Crippen LogP) is 5.15. The van der Waals surface area contributed by atoms with Crippen molar-refractivity contribution in [2.24, 2.45) is 11.3 Å². The fourth-order valence-corrected chi connectivity index (χ4v) is 4.32. The molecule has 0 aliphatic heterocycles. The van der Waals surface area contributed by atoms with E-state index in [0.29, 0.717) is 17.4 Å². The van der Waals surface area contributed by atoms with Gasteiger partial charge in [0.05, 0.1) is 4.92 Å². The molecule has 1 aromatic rings. The van der Waals surface area contributed by atoms with E-state index in [1.807, 2.05) is 12.1 Å². The molecule has 0 heterocycles. The van der Waals surface area contributed by atoms with Gasteiger partial charge in [0.25, 0.3) is 5.69 Å². The van der Waals surface area contributed by atoms with E-state index in [1.165, 1.54) is 32.1 Å². The standard InChI is InChI=1S/C17H23BrN2O2/c1-12(2)11-19(14-9-17(10-14)6-3-7-17)15-5-4-13(18)8-16(15)20(21)22/h4-5,8,12,14H,3,6-7,9-11H2,1-2H3. The second kappa shape index (κ2) is 5.84. The molecule has 1 aromatic carbocycles. The molecule has 120 valence electrons. The maximum absolute atomic E-state index is 11.4. The Bertz CT molecular complexity index is 576. The number of rotatable bonds is 5. The molecule has 0 radical (unpaired) electrons. The first-order valence-corrected chi connectivity index (χ1v) is 8.90. The second-order valence-corrected chi connectivity index (χ2v) is 8.27. The summed E-state index contributed by atoms with van der Waals surface area (Å²) in [7, 11) is 0. The van der Waals surface area contributed by atoms with E-state index in [2.05, 4.69) is 34.7 Å². The van der Waals surface area contributed by atoms with Gasteiger partial charge in [0.2, 0.25) is 0 Å². The molecule has 0 amide bonds. The summed E-state index contributed by atoms with van der Waals surface area (Å²) in [5.74, 6) is 0.487. The van der Waals surface area contributed by atoms with Crippen LogP contribution >= 0.6 is 15.9 Å². The number of hydrogen-bond donors (Lipinski definition) is 0. The van der Waals surface area contributed by atoms with Crippen LogP contribution < -0.4 is 4.90 Å². The first-order valence-electron chi connectivity index (χ1n) is 8.11. The van der Waals surface area contributed by atoms with Crippen molar-refractivity contribution in [3.8, 4) is 0 Å². The predicted molar refractivity (Wildman–Crippen MR) is 92.3 cm³/mol. The normalized spacial score (nSPS) is 19.8. The monoisotopic (exact) mass is 366 g/mol. The highest BCUT2D eigenvalue weighted by atomic mass is 79.9. The third-order valence-electron chi connectivity index (χ3n) is 5.20. The summed E-state index contributed by atoms with van der Waals surface area (Å²) in [5, 5.41) is 11.4. The van der Waals surface area contributed by atoms with E-state index in [0.717, 1.165) is 16.7 Å². The van der Waals surface area contributed by atoms with Crippen LogP contribution in [0.3, 0.4) is 0 Å². The fourth-order valence-electron chi connectivity index (χ4n) is 3.97. The smallest absolute Gasteiger partial charge is 0.293 e. The van der Waals surface area contributed by atoms with Gasteiger partial charge in [-0.15, -0.1) is 0 Å². The van der Waals surface area contributed by atoms with Crippen LogP contribution in [-0.2, 0) is 0 Å². The molecule has 0 atom stereocenters. The minimum Gasteiger partial charge on any atom is -0.363 e. The van der Waals surface area contributed by atoms with Gasteiger partial charge in [0.1, 0.15) is 5.69 Å². The van der Waals surface area contributed by atoms with Crippen LogP contribution in [0, 0.1) is 21.4 Å². The Labute approximate surface area is 140 Å². The van der Waals surface area contributed by atoms with Gasteiger partial charge in [-0.25, -0.2) is 0 Å². The molecule has 5 heteroatoms. The van der Waals surface area contributed by atoms with Crippen LogP contribution in [0.5, 0.6) is 0 Å². The molecule has 0 saturated heterocycles. The zero-order valence-electron chi connectivity index (χ0n) is 13.2. The van der Waals surface area contributed by atoms with Crippen molar-refractivity contribution in [1.29, 1.82) is 0 Å². The van der Waals surface area contributed by atoms with E-state index in [4.69, 9.17) is 0 Å². The van der Waals surface area contributed by atoms with Crippen LogP contribution in [0.2, 0.25) is 0 Å². The Morgan fingerprint density at radius 2 is 2.09 bits per heavy atom. The van der Waals surface area contributed by atoms with Crippen LogP contribution in [0.4, 0.5) is 11.4 Å². The van der Waals surface area contributed by atoms with Crippen molar-refractivity contribution < 1.29 is 4.92 Å². The van der Waals surface area contributed by atoms with Gasteiger partial charge in [-0.3, -0.25) is 10.1 Å². The van der Waals surface area contributed by atoms with Gasteiger partial charge < -0.3 is 4.90 Å². The van der Waals surface area contributed by atoms with Crippen molar-refractivity contribution in [2.75, 3.05) is 11.4 Å². The summed E-state index contributed by atoms with van der Waals surface area (Å²) in [6, 6.07) is 5.90. The quantitative estimate of drug-likeness (QED) is 0.534. The lowest BCUT2D eigenvalue weighted by Crippen LogP contribution is -2.55. The van der Waals surface area contributed by atoms with E-state index in [-0.39, 0.29) is 10.6 Å². The molecule has 2 fully saturated rings. The minimum absolute atomic E-state index is 0.213. The van der Waals surface area contributed by atoms with Gasteiger partial charge in [-0.05, 0) is 49.1 Å². The van der Waals surface area contributed by atoms with Gasteiger partial charge in [-0.1, -0.05) is 36.2 Å². The summed E-state index contributed by atoms with van der Waals surface area (Å²) in [6.45, 7) is 5.23. The molecule has 2 saturated carbocycles. The number of anilines is 1. The van der Waals surface area contributed by atoms with Crippen molar-refractivity contribution >= 4 is 27.3 Å². The average molecular weight is 367 g/mol. The Morgan fingerprint density at radius 3 is 2.59 bits per heavy atom. The first kappa shape index (κ1) is 15.8. The molecule has 1 spiro atoms. The molecule has 0 N–H and O–H groups in total. The number of hydrogen-bond acceptors (Lipinski definition) is 3. The van der Waals surface area contributed by atoms with Crippen LogP contribution in [0.25, 0.3) is 0 Å². The van der Waals surface area contributed by atoms with E-state index < -0.39 is 0 Å². The zero-order chi connectivity index (χ0) is 15.9. The summed E-state index contributed by atoms with van der Waals surface area (Å²) in [4.78, 5) is 13.5. The van der Waals surface area contributed by atoms with Crippen LogP contribution in [0.15, 0.2) is 22.7 Å². The van der Waals surface area contributed by atoms with Crippen LogP contribution in [-0.4, -0.2) is 17.5 Å². The topological polar surface area (TPSA) is 46.4 Å². The minimum atomic E-state index is -0.259. The van der Waals surface area contributed by atoms with E-state index in [9.17, 15) is 10.1 Å². The number of nitro benzene ring substituents is 1. The molecule has 4 nitrogen and oxygen atoms in total. The molecule has 0 unspecified atom stereocenters. The SMILES string of the molecule is CC(C)CN(c1ccc(Br)cc1[N+](=O)[O-])C1CC2(CCC2)C1. The van der Waals surface area contributed by atoms with Crippen molar-refractivity contribution in [2.45, 2.75) is 52.0 Å². The highest BCUT2D eigenvalue weighted by Crippen LogP contribution is 2.58. The maximum atomic E-state index is 11.4. The highest BCUT2D eigenvalue weighted by molar-refractivity contribution is 9.10. The number of nitrogens with zero attached hydrogens (tertiary/aromatic N) is 2. The van der Waals surface area contributed by atoms with Crippen molar-refractivity contribution in [3.63, 3.8) is 0 Å². The van der Waals surface area contributed by atoms with Crippen molar-refractivity contribution in [1.82, 2.24) is 0 Å². The fraction of sp³-hybridized carbons (Fsp3) is 0.647. The van der Waals surface area contributed by atoms with Gasteiger partial charge in [0, 0.05) is 23.1 Å². The molecule has 2 aliphatic carbocycles. The van der Waals surface area contributed by atoms with Gasteiger partial charge in [-0.2, -0.15) is 0 Å². The molecular formula is C17H23BrN2O2.